The molecule has 1 rings (SSSR count). The van der Waals surface area contributed by atoms with Crippen LogP contribution in [0.4, 0.5) is 0 Å². The lowest BCUT2D eigenvalue weighted by Crippen LogP contribution is -2.18. The average molecular weight is 244 g/mol. The lowest BCUT2D eigenvalue weighted by atomic mass is 10.1. The van der Waals surface area contributed by atoms with Crippen molar-refractivity contribution in [2.24, 2.45) is 5.92 Å². The molecular weight excluding hydrogens is 230 g/mol. The molecule has 0 saturated carbocycles. The first kappa shape index (κ1) is 10.5. The summed E-state index contributed by atoms with van der Waals surface area (Å²) < 4.78 is 2.59. The Morgan fingerprint density at radius 1 is 1.54 bits per heavy atom. The highest BCUT2D eigenvalue weighted by molar-refractivity contribution is 9.10. The molecule has 0 N–H and O–H groups in total. The molecule has 1 aromatic heterocycles. The van der Waals surface area contributed by atoms with E-state index < -0.39 is 0 Å². The van der Waals surface area contributed by atoms with Crippen LogP contribution < -0.4 is 5.56 Å². The molecular formula is C10H14BrNO. The van der Waals surface area contributed by atoms with E-state index in [9.17, 15) is 4.79 Å². The molecule has 1 heterocycles. The monoisotopic (exact) mass is 243 g/mol. The van der Waals surface area contributed by atoms with Gasteiger partial charge in [-0.2, -0.15) is 0 Å². The largest absolute Gasteiger partial charge is 0.315 e. The molecule has 0 aliphatic carbocycles. The predicted molar refractivity (Wildman–Crippen MR) is 57.9 cm³/mol. The highest BCUT2D eigenvalue weighted by atomic mass is 79.9. The molecule has 0 spiro atoms. The first-order valence-electron chi connectivity index (χ1n) is 4.45. The third-order valence-corrected chi connectivity index (χ3v) is 2.40. The van der Waals surface area contributed by atoms with Crippen molar-refractivity contribution in [1.29, 1.82) is 0 Å². The summed E-state index contributed by atoms with van der Waals surface area (Å²) in [6.07, 6.45) is 2.87. The van der Waals surface area contributed by atoms with E-state index in [1.807, 2.05) is 12.3 Å². The molecule has 0 fully saturated rings. The van der Waals surface area contributed by atoms with Gasteiger partial charge in [0.1, 0.15) is 0 Å². The summed E-state index contributed by atoms with van der Waals surface area (Å²) in [5, 5.41) is 0. The lowest BCUT2D eigenvalue weighted by Gasteiger charge is -2.07. The molecule has 1 aromatic rings. The zero-order valence-electron chi connectivity index (χ0n) is 7.96. The van der Waals surface area contributed by atoms with E-state index in [1.54, 1.807) is 10.6 Å². The van der Waals surface area contributed by atoms with Gasteiger partial charge >= 0.3 is 0 Å². The Morgan fingerprint density at radius 3 is 2.77 bits per heavy atom. The standard InChI is InChI=1S/C10H14BrNO/c1-8(2)3-5-12-6-4-9(11)7-10(12)13/h4,6-8H,3,5H2,1-2H3. The fraction of sp³-hybridized carbons (Fsp3) is 0.500. The van der Waals surface area contributed by atoms with Crippen LogP contribution in [0, 0.1) is 5.92 Å². The number of pyridine rings is 1. The number of hydrogen-bond acceptors (Lipinski definition) is 1. The molecule has 0 aliphatic heterocycles. The van der Waals surface area contributed by atoms with Crippen LogP contribution in [0.25, 0.3) is 0 Å². The zero-order chi connectivity index (χ0) is 9.84. The normalized spacial score (nSPS) is 10.8. The minimum atomic E-state index is 0.0648. The molecule has 0 bridgehead atoms. The summed E-state index contributed by atoms with van der Waals surface area (Å²) in [6, 6.07) is 3.49. The number of rotatable bonds is 3. The molecule has 0 amide bonds. The maximum atomic E-state index is 11.4. The van der Waals surface area contributed by atoms with E-state index in [0.29, 0.717) is 5.92 Å². The van der Waals surface area contributed by atoms with Crippen LogP contribution in [0.1, 0.15) is 20.3 Å². The Balaban J connectivity index is 2.73. The Bertz CT molecular complexity index is 330. The van der Waals surface area contributed by atoms with E-state index in [0.717, 1.165) is 17.4 Å². The van der Waals surface area contributed by atoms with Crippen molar-refractivity contribution in [3.8, 4) is 0 Å². The van der Waals surface area contributed by atoms with Gasteiger partial charge in [0.2, 0.25) is 0 Å². The fourth-order valence-corrected chi connectivity index (χ4v) is 1.38. The SMILES string of the molecule is CC(C)CCn1ccc(Br)cc1=O. The van der Waals surface area contributed by atoms with E-state index in [1.165, 1.54) is 0 Å². The summed E-state index contributed by atoms with van der Waals surface area (Å²) in [5.74, 6) is 0.635. The molecule has 0 saturated heterocycles. The van der Waals surface area contributed by atoms with Gasteiger partial charge in [0.15, 0.2) is 0 Å². The average Bonchev–Trinajstić information content (AvgIpc) is 2.02. The molecule has 0 atom stereocenters. The molecule has 13 heavy (non-hydrogen) atoms. The molecule has 0 aliphatic rings. The van der Waals surface area contributed by atoms with Crippen molar-refractivity contribution in [2.45, 2.75) is 26.8 Å². The van der Waals surface area contributed by atoms with Gasteiger partial charge in [-0.3, -0.25) is 4.79 Å². The molecule has 0 radical (unpaired) electrons. The van der Waals surface area contributed by atoms with Crippen molar-refractivity contribution in [3.63, 3.8) is 0 Å². The number of aromatic nitrogens is 1. The van der Waals surface area contributed by atoms with Gasteiger partial charge < -0.3 is 4.57 Å². The summed E-state index contributed by atoms with van der Waals surface area (Å²) >= 11 is 3.26. The third kappa shape index (κ3) is 3.35. The molecule has 72 valence electrons. The van der Waals surface area contributed by atoms with Crippen molar-refractivity contribution < 1.29 is 0 Å². The van der Waals surface area contributed by atoms with Gasteiger partial charge in [-0.05, 0) is 18.4 Å². The van der Waals surface area contributed by atoms with Crippen LogP contribution in [-0.2, 0) is 6.54 Å². The van der Waals surface area contributed by atoms with Gasteiger partial charge in [0, 0.05) is 23.3 Å². The first-order valence-corrected chi connectivity index (χ1v) is 5.25. The van der Waals surface area contributed by atoms with Gasteiger partial charge in [0.05, 0.1) is 0 Å². The maximum Gasteiger partial charge on any atom is 0.251 e. The van der Waals surface area contributed by atoms with Crippen LogP contribution in [0.3, 0.4) is 0 Å². The number of nitrogens with zero attached hydrogens (tertiary/aromatic N) is 1. The molecule has 3 heteroatoms. The highest BCUT2D eigenvalue weighted by Crippen LogP contribution is 2.05. The van der Waals surface area contributed by atoms with Crippen LogP contribution >= 0.6 is 15.9 Å². The number of halogens is 1. The zero-order valence-corrected chi connectivity index (χ0v) is 9.54. The van der Waals surface area contributed by atoms with Crippen molar-refractivity contribution in [2.75, 3.05) is 0 Å². The quantitative estimate of drug-likeness (QED) is 0.801. The second kappa shape index (κ2) is 4.61. The van der Waals surface area contributed by atoms with E-state index in [2.05, 4.69) is 29.8 Å². The van der Waals surface area contributed by atoms with Crippen LogP contribution in [0.5, 0.6) is 0 Å². The van der Waals surface area contributed by atoms with Crippen molar-refractivity contribution in [1.82, 2.24) is 4.57 Å². The van der Waals surface area contributed by atoms with Crippen molar-refractivity contribution in [3.05, 3.63) is 33.2 Å². The Labute approximate surface area is 86.7 Å². The molecule has 2 nitrogen and oxygen atoms in total. The lowest BCUT2D eigenvalue weighted by molar-refractivity contribution is 0.508. The van der Waals surface area contributed by atoms with Crippen LogP contribution in [0.2, 0.25) is 0 Å². The minimum Gasteiger partial charge on any atom is -0.315 e. The van der Waals surface area contributed by atoms with Crippen LogP contribution in [-0.4, -0.2) is 4.57 Å². The summed E-state index contributed by atoms with van der Waals surface area (Å²) in [5.41, 5.74) is 0.0648. The maximum absolute atomic E-state index is 11.4. The highest BCUT2D eigenvalue weighted by Gasteiger charge is 1.98. The third-order valence-electron chi connectivity index (χ3n) is 1.91. The number of hydrogen-bond donors (Lipinski definition) is 0. The van der Waals surface area contributed by atoms with Gasteiger partial charge in [-0.15, -0.1) is 0 Å². The molecule has 0 aromatic carbocycles. The van der Waals surface area contributed by atoms with Gasteiger partial charge in [0.25, 0.3) is 5.56 Å². The molecule has 0 unspecified atom stereocenters. The summed E-state index contributed by atoms with van der Waals surface area (Å²) in [4.78, 5) is 11.4. The summed E-state index contributed by atoms with van der Waals surface area (Å²) in [6.45, 7) is 5.12. The Morgan fingerprint density at radius 2 is 2.23 bits per heavy atom. The number of aryl methyl sites for hydroxylation is 1. The first-order chi connectivity index (χ1) is 6.09. The van der Waals surface area contributed by atoms with Crippen molar-refractivity contribution >= 4 is 15.9 Å². The minimum absolute atomic E-state index is 0.0648. The Kier molecular flexibility index (Phi) is 3.72. The van der Waals surface area contributed by atoms with E-state index in [4.69, 9.17) is 0 Å². The second-order valence-electron chi connectivity index (χ2n) is 3.56. The topological polar surface area (TPSA) is 22.0 Å². The van der Waals surface area contributed by atoms with Gasteiger partial charge in [-0.1, -0.05) is 29.8 Å². The fourth-order valence-electron chi connectivity index (χ4n) is 1.07. The predicted octanol–water partition coefficient (Wildman–Crippen LogP) is 2.66. The summed E-state index contributed by atoms with van der Waals surface area (Å²) in [7, 11) is 0. The Hall–Kier alpha value is -0.570. The van der Waals surface area contributed by atoms with E-state index in [-0.39, 0.29) is 5.56 Å². The van der Waals surface area contributed by atoms with E-state index >= 15 is 0 Å². The smallest absolute Gasteiger partial charge is 0.251 e. The van der Waals surface area contributed by atoms with Gasteiger partial charge in [-0.25, -0.2) is 0 Å². The van der Waals surface area contributed by atoms with Crippen LogP contribution in [0.15, 0.2) is 27.6 Å². The second-order valence-corrected chi connectivity index (χ2v) is 4.47.